The number of ether oxygens (including phenoxy) is 1. The van der Waals surface area contributed by atoms with Crippen LogP contribution in [0, 0.1) is 6.92 Å². The Morgan fingerprint density at radius 2 is 1.76 bits per heavy atom. The van der Waals surface area contributed by atoms with Gasteiger partial charge in [-0.3, -0.25) is 0 Å². The van der Waals surface area contributed by atoms with Gasteiger partial charge in [-0.05, 0) is 48.0 Å². The molecule has 0 radical (unpaired) electrons. The lowest BCUT2D eigenvalue weighted by Crippen LogP contribution is -2.07. The largest absolute Gasteiger partial charge is 0.462 e. The Bertz CT molecular complexity index is 917. The Labute approximate surface area is 155 Å². The summed E-state index contributed by atoms with van der Waals surface area (Å²) in [4.78, 5) is 12.5. The highest BCUT2D eigenvalue weighted by atomic mass is 79.9. The quantitative estimate of drug-likeness (QED) is 0.498. The van der Waals surface area contributed by atoms with Crippen LogP contribution in [0.1, 0.15) is 23.0 Å². The molecule has 0 saturated heterocycles. The number of nitrogen functional groups attached to an aromatic ring is 1. The molecule has 3 aromatic rings. The summed E-state index contributed by atoms with van der Waals surface area (Å²) in [6.07, 6.45) is 0. The summed E-state index contributed by atoms with van der Waals surface area (Å²) in [6, 6.07) is 17.5. The third-order valence-electron chi connectivity index (χ3n) is 4.06. The molecule has 0 fully saturated rings. The fourth-order valence-corrected chi connectivity index (χ4v) is 3.79. The van der Waals surface area contributed by atoms with E-state index in [4.69, 9.17) is 10.5 Å². The van der Waals surface area contributed by atoms with Crippen LogP contribution in [-0.2, 0) is 4.74 Å². The van der Waals surface area contributed by atoms with E-state index in [-0.39, 0.29) is 5.97 Å². The van der Waals surface area contributed by atoms with Crippen molar-refractivity contribution in [3.05, 3.63) is 70.3 Å². The van der Waals surface area contributed by atoms with Crippen LogP contribution in [0.4, 0.5) is 5.69 Å². The zero-order chi connectivity index (χ0) is 18.0. The first-order valence-corrected chi connectivity index (χ1v) is 8.83. The molecule has 0 bridgehead atoms. The highest BCUT2D eigenvalue weighted by Gasteiger charge is 2.27. The number of aromatic nitrogens is 1. The third kappa shape index (κ3) is 3.07. The summed E-state index contributed by atoms with van der Waals surface area (Å²) < 4.78 is 7.96. The van der Waals surface area contributed by atoms with Gasteiger partial charge in [0.2, 0.25) is 0 Å². The normalized spacial score (nSPS) is 10.7. The number of anilines is 1. The summed E-state index contributed by atoms with van der Waals surface area (Å²) in [5, 5.41) is 0. The van der Waals surface area contributed by atoms with Gasteiger partial charge in [0.15, 0.2) is 0 Å². The molecule has 4 nitrogen and oxygen atoms in total. The van der Waals surface area contributed by atoms with E-state index in [2.05, 4.69) is 15.9 Å². The number of rotatable bonds is 4. The minimum atomic E-state index is -0.350. The van der Waals surface area contributed by atoms with Gasteiger partial charge in [0.1, 0.15) is 0 Å². The fraction of sp³-hybridized carbons (Fsp3) is 0.150. The summed E-state index contributed by atoms with van der Waals surface area (Å²) in [7, 11) is 0. The second kappa shape index (κ2) is 7.15. The van der Waals surface area contributed by atoms with E-state index < -0.39 is 0 Å². The van der Waals surface area contributed by atoms with E-state index in [0.717, 1.165) is 22.6 Å². The van der Waals surface area contributed by atoms with Crippen LogP contribution in [0.25, 0.3) is 16.9 Å². The van der Waals surface area contributed by atoms with Gasteiger partial charge in [-0.1, -0.05) is 36.4 Å². The van der Waals surface area contributed by atoms with Crippen molar-refractivity contribution in [2.45, 2.75) is 13.8 Å². The average Bonchev–Trinajstić information content (AvgIpc) is 2.87. The monoisotopic (exact) mass is 398 g/mol. The molecule has 3 rings (SSSR count). The van der Waals surface area contributed by atoms with Gasteiger partial charge < -0.3 is 15.0 Å². The standard InChI is InChI=1S/C20H19BrN2O2/c1-3-25-20(24)17-13(2)23(14-9-5-4-6-10-14)19(18(17)21)15-11-7-8-12-16(15)22/h4-12H,3,22H2,1-2H3. The molecule has 0 aliphatic heterocycles. The van der Waals surface area contributed by atoms with Gasteiger partial charge in [-0.25, -0.2) is 4.79 Å². The van der Waals surface area contributed by atoms with E-state index in [9.17, 15) is 4.79 Å². The van der Waals surface area contributed by atoms with Gasteiger partial charge in [0, 0.05) is 22.6 Å². The second-order valence-corrected chi connectivity index (χ2v) is 6.39. The molecule has 1 heterocycles. The lowest BCUT2D eigenvalue weighted by atomic mass is 10.1. The van der Waals surface area contributed by atoms with Crippen molar-refractivity contribution in [2.75, 3.05) is 12.3 Å². The van der Waals surface area contributed by atoms with E-state index in [1.165, 1.54) is 0 Å². The van der Waals surface area contributed by atoms with Gasteiger partial charge in [-0.2, -0.15) is 0 Å². The van der Waals surface area contributed by atoms with Crippen molar-refractivity contribution in [1.82, 2.24) is 4.57 Å². The molecule has 0 unspecified atom stereocenters. The van der Waals surface area contributed by atoms with Crippen molar-refractivity contribution in [1.29, 1.82) is 0 Å². The first-order chi connectivity index (χ1) is 12.1. The highest BCUT2D eigenvalue weighted by molar-refractivity contribution is 9.10. The Morgan fingerprint density at radius 1 is 1.12 bits per heavy atom. The van der Waals surface area contributed by atoms with E-state index in [1.54, 1.807) is 6.92 Å². The van der Waals surface area contributed by atoms with Gasteiger partial charge in [-0.15, -0.1) is 0 Å². The smallest absolute Gasteiger partial charge is 0.341 e. The molecule has 5 heteroatoms. The SMILES string of the molecule is CCOC(=O)c1c(Br)c(-c2ccccc2N)n(-c2ccccc2)c1C. The molecule has 0 saturated carbocycles. The maximum atomic E-state index is 12.5. The number of para-hydroxylation sites is 2. The van der Waals surface area contributed by atoms with Crippen molar-refractivity contribution in [2.24, 2.45) is 0 Å². The predicted octanol–water partition coefficient (Wildman–Crippen LogP) is 4.97. The molecular formula is C20H19BrN2O2. The number of nitrogens with zero attached hydrogens (tertiary/aromatic N) is 1. The number of nitrogens with two attached hydrogens (primary N) is 1. The van der Waals surface area contributed by atoms with E-state index >= 15 is 0 Å². The highest BCUT2D eigenvalue weighted by Crippen LogP contribution is 2.40. The predicted molar refractivity (Wildman–Crippen MR) is 104 cm³/mol. The minimum absolute atomic E-state index is 0.323. The molecule has 2 aromatic carbocycles. The van der Waals surface area contributed by atoms with Gasteiger partial charge in [0.25, 0.3) is 0 Å². The molecule has 1 aromatic heterocycles. The zero-order valence-corrected chi connectivity index (χ0v) is 15.7. The van der Waals surface area contributed by atoms with Crippen LogP contribution in [0.3, 0.4) is 0 Å². The summed E-state index contributed by atoms with van der Waals surface area (Å²) in [5.74, 6) is -0.350. The van der Waals surface area contributed by atoms with Crippen LogP contribution in [0.15, 0.2) is 59.1 Å². The van der Waals surface area contributed by atoms with Crippen LogP contribution in [0.5, 0.6) is 0 Å². The molecule has 0 spiro atoms. The second-order valence-electron chi connectivity index (χ2n) is 5.60. The fourth-order valence-electron chi connectivity index (χ4n) is 2.95. The molecule has 0 atom stereocenters. The average molecular weight is 399 g/mol. The van der Waals surface area contributed by atoms with Crippen LogP contribution >= 0.6 is 15.9 Å². The van der Waals surface area contributed by atoms with Crippen molar-refractivity contribution in [3.8, 4) is 16.9 Å². The van der Waals surface area contributed by atoms with Crippen molar-refractivity contribution >= 4 is 27.6 Å². The Morgan fingerprint density at radius 3 is 2.40 bits per heavy atom. The number of benzene rings is 2. The summed E-state index contributed by atoms with van der Waals surface area (Å²) in [5.41, 5.74) is 10.8. The molecule has 25 heavy (non-hydrogen) atoms. The maximum absolute atomic E-state index is 12.5. The van der Waals surface area contributed by atoms with E-state index in [0.29, 0.717) is 22.3 Å². The van der Waals surface area contributed by atoms with Crippen LogP contribution in [0.2, 0.25) is 0 Å². The molecule has 128 valence electrons. The van der Waals surface area contributed by atoms with Crippen LogP contribution in [-0.4, -0.2) is 17.1 Å². The lowest BCUT2D eigenvalue weighted by Gasteiger charge is -2.14. The minimum Gasteiger partial charge on any atom is -0.462 e. The summed E-state index contributed by atoms with van der Waals surface area (Å²) >= 11 is 3.61. The Kier molecular flexibility index (Phi) is 4.95. The first kappa shape index (κ1) is 17.3. The number of carbonyl (C=O) groups excluding carboxylic acids is 1. The van der Waals surface area contributed by atoms with Crippen molar-refractivity contribution in [3.63, 3.8) is 0 Å². The third-order valence-corrected chi connectivity index (χ3v) is 4.83. The molecular weight excluding hydrogens is 380 g/mol. The number of hydrogen-bond acceptors (Lipinski definition) is 3. The van der Waals surface area contributed by atoms with Gasteiger partial charge in [0.05, 0.1) is 22.3 Å². The molecule has 0 aliphatic rings. The van der Waals surface area contributed by atoms with Gasteiger partial charge >= 0.3 is 5.97 Å². The molecule has 2 N–H and O–H groups in total. The van der Waals surface area contributed by atoms with Crippen LogP contribution < -0.4 is 5.73 Å². The molecule has 0 amide bonds. The molecule has 0 aliphatic carbocycles. The lowest BCUT2D eigenvalue weighted by molar-refractivity contribution is 0.0524. The Hall–Kier alpha value is -2.53. The number of carbonyl (C=O) groups is 1. The number of esters is 1. The summed E-state index contributed by atoms with van der Waals surface area (Å²) in [6.45, 7) is 4.03. The number of halogens is 1. The topological polar surface area (TPSA) is 57.2 Å². The van der Waals surface area contributed by atoms with Crippen molar-refractivity contribution < 1.29 is 9.53 Å². The maximum Gasteiger partial charge on any atom is 0.341 e. The number of hydrogen-bond donors (Lipinski definition) is 1. The first-order valence-electron chi connectivity index (χ1n) is 8.04. The zero-order valence-electron chi connectivity index (χ0n) is 14.1. The van der Waals surface area contributed by atoms with E-state index in [1.807, 2.05) is 66.1 Å². The Balaban J connectivity index is 2.35.